The van der Waals surface area contributed by atoms with Crippen molar-refractivity contribution in [1.29, 1.82) is 0 Å². The van der Waals surface area contributed by atoms with Crippen LogP contribution in [-0.2, 0) is 0 Å². The molecule has 0 spiro atoms. The number of benzene rings is 1. The maximum absolute atomic E-state index is 10.9. The van der Waals surface area contributed by atoms with Crippen molar-refractivity contribution in [2.45, 2.75) is 0 Å². The second-order valence-corrected chi connectivity index (χ2v) is 3.46. The number of hydrogen-bond acceptors (Lipinski definition) is 2. The summed E-state index contributed by atoms with van der Waals surface area (Å²) < 4.78 is 0. The normalized spacial score (nSPS) is 10.5. The van der Waals surface area contributed by atoms with Gasteiger partial charge in [-0.3, -0.25) is 4.79 Å². The fraction of sp³-hybridized carbons (Fsp3) is 0. The quantitative estimate of drug-likeness (QED) is 0.768. The predicted molar refractivity (Wildman–Crippen MR) is 55.7 cm³/mol. The highest BCUT2D eigenvalue weighted by Crippen LogP contribution is 2.24. The van der Waals surface area contributed by atoms with Gasteiger partial charge in [0.05, 0.1) is 11.3 Å². The smallest absolute Gasteiger partial charge is 0.338 e. The number of hydrogen-bond donors (Lipinski definition) is 2. The first-order valence-corrected chi connectivity index (χ1v) is 4.51. The Morgan fingerprint density at radius 1 is 1.47 bits per heavy atom. The van der Waals surface area contributed by atoms with Crippen LogP contribution in [0.1, 0.15) is 20.8 Å². The molecule has 0 aliphatic carbocycles. The SMILES string of the molecule is O=Cc1[nH]c2ccc(Cl)cc2c1C(=O)O. The monoisotopic (exact) mass is 223 g/mol. The molecule has 0 radical (unpaired) electrons. The third-order valence-electron chi connectivity index (χ3n) is 2.12. The number of rotatable bonds is 2. The number of aldehydes is 1. The van der Waals surface area contributed by atoms with Crippen molar-refractivity contribution in [3.63, 3.8) is 0 Å². The van der Waals surface area contributed by atoms with Crippen molar-refractivity contribution in [3.05, 3.63) is 34.5 Å². The first-order chi connectivity index (χ1) is 7.13. The van der Waals surface area contributed by atoms with Gasteiger partial charge in [0.1, 0.15) is 0 Å². The zero-order chi connectivity index (χ0) is 11.0. The highest BCUT2D eigenvalue weighted by atomic mass is 35.5. The summed E-state index contributed by atoms with van der Waals surface area (Å²) >= 11 is 5.75. The second kappa shape index (κ2) is 3.40. The van der Waals surface area contributed by atoms with Crippen molar-refractivity contribution < 1.29 is 14.7 Å². The summed E-state index contributed by atoms with van der Waals surface area (Å²) in [6.07, 6.45) is 0.483. The van der Waals surface area contributed by atoms with E-state index in [2.05, 4.69) is 4.98 Å². The van der Waals surface area contributed by atoms with Crippen LogP contribution in [0.3, 0.4) is 0 Å². The third-order valence-corrected chi connectivity index (χ3v) is 2.36. The lowest BCUT2D eigenvalue weighted by Gasteiger charge is -1.93. The van der Waals surface area contributed by atoms with E-state index in [1.165, 1.54) is 6.07 Å². The van der Waals surface area contributed by atoms with E-state index in [1.54, 1.807) is 12.1 Å². The Morgan fingerprint density at radius 3 is 2.80 bits per heavy atom. The molecule has 0 fully saturated rings. The van der Waals surface area contributed by atoms with Crippen LogP contribution in [0.15, 0.2) is 18.2 Å². The summed E-state index contributed by atoms with van der Waals surface area (Å²) in [5, 5.41) is 9.83. The van der Waals surface area contributed by atoms with E-state index in [-0.39, 0.29) is 11.3 Å². The summed E-state index contributed by atoms with van der Waals surface area (Å²) in [7, 11) is 0. The highest BCUT2D eigenvalue weighted by molar-refractivity contribution is 6.31. The molecule has 2 N–H and O–H groups in total. The summed E-state index contributed by atoms with van der Waals surface area (Å²) in [6.45, 7) is 0. The number of carboxylic acid groups (broad SMARTS) is 1. The van der Waals surface area contributed by atoms with Gasteiger partial charge in [-0.05, 0) is 18.2 Å². The Balaban J connectivity index is 2.88. The molecule has 15 heavy (non-hydrogen) atoms. The van der Waals surface area contributed by atoms with E-state index in [4.69, 9.17) is 16.7 Å². The molecule has 0 amide bonds. The number of aromatic amines is 1. The van der Waals surface area contributed by atoms with E-state index in [9.17, 15) is 9.59 Å². The number of halogens is 1. The molecule has 1 aromatic heterocycles. The summed E-state index contributed by atoms with van der Waals surface area (Å²) in [5.41, 5.74) is 0.598. The lowest BCUT2D eigenvalue weighted by molar-refractivity contribution is 0.0696. The number of carbonyl (C=O) groups excluding carboxylic acids is 1. The average Bonchev–Trinajstić information content (AvgIpc) is 2.55. The van der Waals surface area contributed by atoms with E-state index in [0.717, 1.165) is 0 Å². The van der Waals surface area contributed by atoms with Gasteiger partial charge in [-0.1, -0.05) is 11.6 Å². The van der Waals surface area contributed by atoms with Gasteiger partial charge in [0.25, 0.3) is 0 Å². The summed E-state index contributed by atoms with van der Waals surface area (Å²) in [6, 6.07) is 4.78. The number of fused-ring (bicyclic) bond motifs is 1. The molecule has 0 atom stereocenters. The first kappa shape index (κ1) is 9.73. The molecule has 1 heterocycles. The van der Waals surface area contributed by atoms with Gasteiger partial charge in [-0.15, -0.1) is 0 Å². The van der Waals surface area contributed by atoms with Crippen LogP contribution >= 0.6 is 11.6 Å². The van der Waals surface area contributed by atoms with Gasteiger partial charge < -0.3 is 10.1 Å². The Morgan fingerprint density at radius 2 is 2.20 bits per heavy atom. The standard InChI is InChI=1S/C10H6ClNO3/c11-5-1-2-7-6(3-5)9(10(14)15)8(4-13)12-7/h1-4,12H,(H,14,15). The number of carbonyl (C=O) groups is 2. The van der Waals surface area contributed by atoms with E-state index in [1.807, 2.05) is 0 Å². The van der Waals surface area contributed by atoms with Gasteiger partial charge in [-0.2, -0.15) is 0 Å². The van der Waals surface area contributed by atoms with Crippen LogP contribution in [0, 0.1) is 0 Å². The minimum absolute atomic E-state index is 0.0394. The van der Waals surface area contributed by atoms with E-state index < -0.39 is 5.97 Å². The Bertz CT molecular complexity index is 559. The van der Waals surface area contributed by atoms with Crippen LogP contribution in [0.25, 0.3) is 10.9 Å². The maximum Gasteiger partial charge on any atom is 0.338 e. The maximum atomic E-state index is 10.9. The fourth-order valence-corrected chi connectivity index (χ4v) is 1.68. The zero-order valence-corrected chi connectivity index (χ0v) is 8.21. The number of nitrogens with one attached hydrogen (secondary N) is 1. The largest absolute Gasteiger partial charge is 0.478 e. The average molecular weight is 224 g/mol. The van der Waals surface area contributed by atoms with Crippen LogP contribution < -0.4 is 0 Å². The van der Waals surface area contributed by atoms with Gasteiger partial charge in [-0.25, -0.2) is 4.79 Å². The molecule has 0 aliphatic heterocycles. The number of aromatic nitrogens is 1. The van der Waals surface area contributed by atoms with Gasteiger partial charge in [0.2, 0.25) is 0 Å². The van der Waals surface area contributed by atoms with Gasteiger partial charge in [0.15, 0.2) is 6.29 Å². The Labute approximate surface area is 89.5 Å². The summed E-state index contributed by atoms with van der Waals surface area (Å²) in [5.74, 6) is -1.15. The van der Waals surface area contributed by atoms with Crippen molar-refractivity contribution >= 4 is 34.8 Å². The molecule has 0 unspecified atom stereocenters. The molecular formula is C10H6ClNO3. The van der Waals surface area contributed by atoms with Crippen LogP contribution in [0.2, 0.25) is 5.02 Å². The van der Waals surface area contributed by atoms with Crippen LogP contribution in [-0.4, -0.2) is 22.3 Å². The van der Waals surface area contributed by atoms with Crippen molar-refractivity contribution in [3.8, 4) is 0 Å². The topological polar surface area (TPSA) is 70.2 Å². The van der Waals surface area contributed by atoms with Crippen molar-refractivity contribution in [2.24, 2.45) is 0 Å². The minimum Gasteiger partial charge on any atom is -0.478 e. The van der Waals surface area contributed by atoms with E-state index in [0.29, 0.717) is 22.2 Å². The van der Waals surface area contributed by atoms with Gasteiger partial charge in [0, 0.05) is 15.9 Å². The van der Waals surface area contributed by atoms with Crippen molar-refractivity contribution in [1.82, 2.24) is 4.98 Å². The van der Waals surface area contributed by atoms with Crippen LogP contribution in [0.5, 0.6) is 0 Å². The second-order valence-electron chi connectivity index (χ2n) is 3.03. The molecular weight excluding hydrogens is 218 g/mol. The predicted octanol–water partition coefficient (Wildman–Crippen LogP) is 2.33. The fourth-order valence-electron chi connectivity index (χ4n) is 1.50. The molecule has 1 aromatic carbocycles. The highest BCUT2D eigenvalue weighted by Gasteiger charge is 2.17. The Kier molecular flexibility index (Phi) is 2.21. The van der Waals surface area contributed by atoms with Gasteiger partial charge >= 0.3 is 5.97 Å². The zero-order valence-electron chi connectivity index (χ0n) is 7.45. The molecule has 76 valence electrons. The molecule has 0 aliphatic rings. The molecule has 0 bridgehead atoms. The van der Waals surface area contributed by atoms with Crippen molar-refractivity contribution in [2.75, 3.05) is 0 Å². The molecule has 2 aromatic rings. The first-order valence-electron chi connectivity index (χ1n) is 4.13. The van der Waals surface area contributed by atoms with Crippen LogP contribution in [0.4, 0.5) is 0 Å². The number of carboxylic acids is 1. The van der Waals surface area contributed by atoms with E-state index >= 15 is 0 Å². The lowest BCUT2D eigenvalue weighted by atomic mass is 10.1. The number of aromatic carboxylic acids is 1. The summed E-state index contributed by atoms with van der Waals surface area (Å²) in [4.78, 5) is 24.3. The minimum atomic E-state index is -1.15. The lowest BCUT2D eigenvalue weighted by Crippen LogP contribution is -1.99. The number of H-pyrrole nitrogens is 1. The third kappa shape index (κ3) is 1.49. The molecule has 0 saturated heterocycles. The molecule has 4 nitrogen and oxygen atoms in total. The molecule has 5 heteroatoms. The Hall–Kier alpha value is -1.81. The molecule has 0 saturated carbocycles. The molecule has 2 rings (SSSR count).